The first-order valence-corrected chi connectivity index (χ1v) is 13.3. The molecule has 38 heavy (non-hydrogen) atoms. The first kappa shape index (κ1) is 26.8. The molecule has 0 unspecified atom stereocenters. The van der Waals surface area contributed by atoms with Gasteiger partial charge in [-0.1, -0.05) is 12.1 Å². The van der Waals surface area contributed by atoms with Crippen LogP contribution in [0.4, 0.5) is 0 Å². The van der Waals surface area contributed by atoms with Crippen molar-refractivity contribution in [3.8, 4) is 0 Å². The monoisotopic (exact) mass is 580 g/mol. The number of aromatic amines is 1. The maximum atomic E-state index is 12.4. The number of benzene rings is 3. The molecule has 4 rings (SSSR count). The third-order valence-corrected chi connectivity index (χ3v) is 7.36. The predicted molar refractivity (Wildman–Crippen MR) is 141 cm³/mol. The van der Waals surface area contributed by atoms with Crippen molar-refractivity contribution in [2.45, 2.75) is 12.8 Å². The first-order chi connectivity index (χ1) is 18.5. The van der Waals surface area contributed by atoms with E-state index in [4.69, 9.17) is 14.2 Å². The molecule has 0 aliphatic carbocycles. The third kappa shape index (κ3) is 7.63. The van der Waals surface area contributed by atoms with Crippen molar-refractivity contribution in [2.75, 3.05) is 13.2 Å². The van der Waals surface area contributed by atoms with Gasteiger partial charge < -0.3 is 0 Å². The number of rotatable bonds is 11. The minimum absolute atomic E-state index is 0.227. The second kappa shape index (κ2) is 13.3. The van der Waals surface area contributed by atoms with Crippen LogP contribution >= 0.6 is 0 Å². The number of carbonyl (C=O) groups excluding carboxylic acids is 2. The van der Waals surface area contributed by atoms with Gasteiger partial charge in [-0.3, -0.25) is 0 Å². The van der Waals surface area contributed by atoms with Gasteiger partial charge in [0.2, 0.25) is 0 Å². The molecule has 0 fully saturated rings. The number of hydrogen-bond acceptors (Lipinski definition) is 7. The molecule has 0 saturated heterocycles. The molecular formula is C28H24N2O7Se. The van der Waals surface area contributed by atoms with Crippen LogP contribution in [0, 0.1) is 0 Å². The first-order valence-electron chi connectivity index (χ1n) is 11.6. The Balaban J connectivity index is 1.45. The second-order valence-corrected chi connectivity index (χ2v) is 10.3. The van der Waals surface area contributed by atoms with Gasteiger partial charge in [0.1, 0.15) is 0 Å². The quantitative estimate of drug-likeness (QED) is 0.210. The number of hydrogen-bond donors (Lipinski definition) is 1. The zero-order valence-electron chi connectivity index (χ0n) is 20.1. The van der Waals surface area contributed by atoms with E-state index in [-0.39, 0.29) is 34.9 Å². The Morgan fingerprint density at radius 2 is 1.26 bits per heavy atom. The summed E-state index contributed by atoms with van der Waals surface area (Å²) in [7, 11) is 0. The molecule has 0 spiro atoms. The van der Waals surface area contributed by atoms with Crippen LogP contribution in [0.5, 0.6) is 0 Å². The summed E-state index contributed by atoms with van der Waals surface area (Å²) in [6, 6.07) is 26.3. The summed E-state index contributed by atoms with van der Waals surface area (Å²) in [6.07, 6.45) is 0.578. The Morgan fingerprint density at radius 3 is 1.79 bits per heavy atom. The summed E-state index contributed by atoms with van der Waals surface area (Å²) in [6.45, 7) is -0.715. The van der Waals surface area contributed by atoms with Crippen LogP contribution in [0.25, 0.3) is 0 Å². The van der Waals surface area contributed by atoms with Gasteiger partial charge in [0.05, 0.1) is 0 Å². The van der Waals surface area contributed by atoms with Crippen LogP contribution in [0.1, 0.15) is 20.7 Å². The van der Waals surface area contributed by atoms with Crippen LogP contribution < -0.4 is 20.2 Å². The van der Waals surface area contributed by atoms with Crippen molar-refractivity contribution in [3.05, 3.63) is 129 Å². The molecule has 0 aliphatic heterocycles. The molecule has 0 aliphatic rings. The number of H-pyrrole nitrogens is 1. The molecule has 4 aromatic rings. The van der Waals surface area contributed by atoms with Crippen molar-refractivity contribution in [2.24, 2.45) is 0 Å². The fraction of sp³-hybridized carbons (Fsp3) is 0.143. The van der Waals surface area contributed by atoms with Crippen LogP contribution in [-0.2, 0) is 20.9 Å². The zero-order chi connectivity index (χ0) is 26.7. The van der Waals surface area contributed by atoms with E-state index >= 15 is 0 Å². The SMILES string of the molecule is O=C(OCC(COC(=O)c1ccccc1)OCn1cc([Se]c2ccccc2)c(=O)[nH]c1=O)c1ccccc1. The maximum absolute atomic E-state index is 12.4. The van der Waals surface area contributed by atoms with Gasteiger partial charge in [0.15, 0.2) is 0 Å². The van der Waals surface area contributed by atoms with E-state index in [2.05, 4.69) is 4.98 Å². The molecule has 0 atom stereocenters. The van der Waals surface area contributed by atoms with E-state index in [1.807, 2.05) is 30.3 Å². The molecule has 0 saturated carbocycles. The average Bonchev–Trinajstić information content (AvgIpc) is 2.95. The Morgan fingerprint density at radius 1 is 0.763 bits per heavy atom. The molecule has 9 nitrogen and oxygen atoms in total. The summed E-state index contributed by atoms with van der Waals surface area (Å²) < 4.78 is 19.2. The number of aromatic nitrogens is 2. The van der Waals surface area contributed by atoms with Crippen molar-refractivity contribution < 1.29 is 23.8 Å². The van der Waals surface area contributed by atoms with E-state index in [1.165, 1.54) is 10.8 Å². The molecule has 194 valence electrons. The molecule has 1 heterocycles. The Labute approximate surface area is 224 Å². The van der Waals surface area contributed by atoms with Gasteiger partial charge in [0, 0.05) is 0 Å². The fourth-order valence-corrected chi connectivity index (χ4v) is 5.08. The molecule has 1 aromatic heterocycles. The van der Waals surface area contributed by atoms with E-state index < -0.39 is 29.3 Å². The number of nitrogens with zero attached hydrogens (tertiary/aromatic N) is 1. The fourth-order valence-electron chi connectivity index (χ4n) is 3.26. The molecule has 0 radical (unpaired) electrons. The average molecular weight is 579 g/mol. The molecular weight excluding hydrogens is 555 g/mol. The van der Waals surface area contributed by atoms with Crippen molar-refractivity contribution in [1.29, 1.82) is 0 Å². The zero-order valence-corrected chi connectivity index (χ0v) is 21.9. The van der Waals surface area contributed by atoms with Crippen LogP contribution in [-0.4, -0.2) is 55.8 Å². The number of esters is 2. The summed E-state index contributed by atoms with van der Waals surface area (Å²) in [4.78, 5) is 51.9. The van der Waals surface area contributed by atoms with Crippen LogP contribution in [0.3, 0.4) is 0 Å². The number of nitrogens with one attached hydrogen (secondary N) is 1. The summed E-state index contributed by atoms with van der Waals surface area (Å²) in [5.41, 5.74) is -0.390. The van der Waals surface area contributed by atoms with Gasteiger partial charge >= 0.3 is 212 Å². The minimum atomic E-state index is -0.878. The van der Waals surface area contributed by atoms with E-state index in [1.54, 1.807) is 60.7 Å². The van der Waals surface area contributed by atoms with Gasteiger partial charge in [-0.15, -0.1) is 0 Å². The summed E-state index contributed by atoms with van der Waals surface area (Å²) >= 11 is -0.333. The third-order valence-electron chi connectivity index (χ3n) is 5.22. The molecule has 0 bridgehead atoms. The molecule has 0 amide bonds. The predicted octanol–water partition coefficient (Wildman–Crippen LogP) is 1.25. The number of ether oxygens (including phenoxy) is 3. The van der Waals surface area contributed by atoms with Crippen molar-refractivity contribution in [3.63, 3.8) is 0 Å². The van der Waals surface area contributed by atoms with Gasteiger partial charge in [-0.05, 0) is 0 Å². The van der Waals surface area contributed by atoms with Crippen LogP contribution in [0.15, 0.2) is 107 Å². The van der Waals surface area contributed by atoms with Gasteiger partial charge in [0.25, 0.3) is 0 Å². The standard InChI is InChI=1S/C28H24N2O7Se/c31-25-24(38-23-14-8-3-9-15-23)16-30(28(34)29-25)19-37-22(17-35-26(32)20-10-4-1-5-11-20)18-36-27(33)21-12-6-2-7-13-21/h1-16,22H,17-19H2,(H,29,31,34). The van der Waals surface area contributed by atoms with E-state index in [0.29, 0.717) is 15.6 Å². The van der Waals surface area contributed by atoms with Crippen molar-refractivity contribution in [1.82, 2.24) is 9.55 Å². The topological polar surface area (TPSA) is 117 Å². The molecule has 3 aromatic carbocycles. The van der Waals surface area contributed by atoms with E-state index in [9.17, 15) is 19.2 Å². The van der Waals surface area contributed by atoms with Crippen LogP contribution in [0.2, 0.25) is 0 Å². The Kier molecular flexibility index (Phi) is 9.42. The number of carbonyl (C=O) groups is 2. The molecule has 1 N–H and O–H groups in total. The normalized spacial score (nSPS) is 10.8. The summed E-state index contributed by atoms with van der Waals surface area (Å²) in [5, 5.41) is 0. The van der Waals surface area contributed by atoms with E-state index in [0.717, 1.165) is 4.46 Å². The second-order valence-electron chi connectivity index (χ2n) is 7.98. The Hall–Kier alpha value is -4.24. The van der Waals surface area contributed by atoms with Gasteiger partial charge in [-0.25, -0.2) is 0 Å². The summed E-state index contributed by atoms with van der Waals surface area (Å²) in [5.74, 6) is -1.13. The molecule has 10 heteroatoms. The van der Waals surface area contributed by atoms with Crippen molar-refractivity contribution >= 4 is 35.8 Å². The van der Waals surface area contributed by atoms with Gasteiger partial charge in [-0.2, -0.15) is 0 Å². The Bertz CT molecular complexity index is 1420.